The molecule has 0 radical (unpaired) electrons. The largest absolute Gasteiger partial charge is 0.356 e. The van der Waals surface area contributed by atoms with Crippen molar-refractivity contribution >= 4 is 5.91 Å². The molecule has 0 saturated carbocycles. The Bertz CT molecular complexity index is 892. The van der Waals surface area contributed by atoms with Gasteiger partial charge in [0.2, 0.25) is 17.6 Å². The van der Waals surface area contributed by atoms with E-state index in [1.54, 1.807) is 0 Å². The Morgan fingerprint density at radius 3 is 2.74 bits per heavy atom. The number of hydrogen-bond donors (Lipinski definition) is 1. The second kappa shape index (κ2) is 8.47. The Morgan fingerprint density at radius 1 is 1.22 bits per heavy atom. The molecule has 0 unspecified atom stereocenters. The molecule has 0 aliphatic rings. The Morgan fingerprint density at radius 2 is 2.00 bits per heavy atom. The maximum Gasteiger partial charge on any atom is 0.319 e. The van der Waals surface area contributed by atoms with E-state index in [0.717, 1.165) is 4.57 Å². The highest BCUT2D eigenvalue weighted by molar-refractivity contribution is 5.76. The van der Waals surface area contributed by atoms with Crippen LogP contribution in [-0.4, -0.2) is 32.1 Å². The van der Waals surface area contributed by atoms with Crippen molar-refractivity contribution in [3.05, 3.63) is 54.2 Å². The number of aryl methyl sites for hydroxylation is 1. The molecule has 3 rings (SSSR count). The third-order valence-corrected chi connectivity index (χ3v) is 3.77. The van der Waals surface area contributed by atoms with Crippen LogP contribution in [0.5, 0.6) is 0 Å². The zero-order chi connectivity index (χ0) is 19.2. The van der Waals surface area contributed by atoms with E-state index in [2.05, 4.69) is 20.4 Å². The smallest absolute Gasteiger partial charge is 0.319 e. The number of alkyl halides is 2. The Labute approximate surface area is 152 Å². The lowest BCUT2D eigenvalue weighted by molar-refractivity contribution is -0.121. The molecule has 1 amide bonds. The lowest BCUT2D eigenvalue weighted by Gasteiger charge is -2.07. The number of imidazole rings is 1. The molecule has 0 atom stereocenters. The fourth-order valence-electron chi connectivity index (χ4n) is 2.41. The van der Waals surface area contributed by atoms with Gasteiger partial charge in [-0.05, 0) is 24.3 Å². The van der Waals surface area contributed by atoms with Gasteiger partial charge in [0.15, 0.2) is 0 Å². The van der Waals surface area contributed by atoms with E-state index in [1.165, 1.54) is 36.7 Å². The highest BCUT2D eigenvalue weighted by Crippen LogP contribution is 2.16. The minimum absolute atomic E-state index is 0.105. The molecular weight excluding hydrogens is 363 g/mol. The normalized spacial score (nSPS) is 11.1. The molecule has 142 valence electrons. The summed E-state index contributed by atoms with van der Waals surface area (Å²) in [5, 5.41) is 6.43. The fraction of sp³-hybridized carbons (Fsp3) is 0.294. The van der Waals surface area contributed by atoms with Crippen LogP contribution >= 0.6 is 0 Å². The van der Waals surface area contributed by atoms with Crippen LogP contribution in [0.3, 0.4) is 0 Å². The topological polar surface area (TPSA) is 85.8 Å². The number of nitrogens with one attached hydrogen (secondary N) is 1. The van der Waals surface area contributed by atoms with Gasteiger partial charge < -0.3 is 9.84 Å². The number of hydrogen-bond acceptors (Lipinski definition) is 5. The van der Waals surface area contributed by atoms with E-state index in [0.29, 0.717) is 11.4 Å². The van der Waals surface area contributed by atoms with Gasteiger partial charge >= 0.3 is 6.55 Å². The van der Waals surface area contributed by atoms with E-state index in [1.807, 2.05) is 0 Å². The fourth-order valence-corrected chi connectivity index (χ4v) is 2.41. The number of carbonyl (C=O) groups excluding carboxylic acids is 1. The van der Waals surface area contributed by atoms with Crippen molar-refractivity contribution < 1.29 is 22.5 Å². The summed E-state index contributed by atoms with van der Waals surface area (Å²) in [6.45, 7) is -2.47. The van der Waals surface area contributed by atoms with E-state index in [4.69, 9.17) is 4.52 Å². The van der Waals surface area contributed by atoms with Crippen molar-refractivity contribution in [2.24, 2.45) is 0 Å². The van der Waals surface area contributed by atoms with Crippen LogP contribution in [0.15, 0.2) is 41.2 Å². The lowest BCUT2D eigenvalue weighted by Crippen LogP contribution is -2.26. The molecular formula is C17H16F3N5O2. The second-order valence-corrected chi connectivity index (χ2v) is 5.65. The molecule has 0 fully saturated rings. The predicted molar refractivity (Wildman–Crippen MR) is 88.2 cm³/mol. The van der Waals surface area contributed by atoms with E-state index >= 15 is 0 Å². The van der Waals surface area contributed by atoms with Gasteiger partial charge in [-0.1, -0.05) is 5.16 Å². The van der Waals surface area contributed by atoms with E-state index in [9.17, 15) is 18.0 Å². The van der Waals surface area contributed by atoms with Crippen molar-refractivity contribution in [1.82, 2.24) is 25.0 Å². The van der Waals surface area contributed by atoms with Gasteiger partial charge in [-0.3, -0.25) is 9.36 Å². The molecule has 7 nitrogen and oxygen atoms in total. The van der Waals surface area contributed by atoms with Gasteiger partial charge in [0.1, 0.15) is 11.6 Å². The first-order chi connectivity index (χ1) is 13.0. The van der Waals surface area contributed by atoms with Gasteiger partial charge in [-0.2, -0.15) is 13.8 Å². The number of amides is 1. The van der Waals surface area contributed by atoms with Gasteiger partial charge in [0, 0.05) is 43.8 Å². The van der Waals surface area contributed by atoms with Crippen molar-refractivity contribution in [2.45, 2.75) is 25.8 Å². The molecule has 0 bridgehead atoms. The molecule has 27 heavy (non-hydrogen) atoms. The third kappa shape index (κ3) is 4.93. The molecule has 3 aromatic rings. The van der Waals surface area contributed by atoms with Crippen molar-refractivity contribution in [3.8, 4) is 11.4 Å². The van der Waals surface area contributed by atoms with Crippen molar-refractivity contribution in [2.75, 3.05) is 6.54 Å². The zero-order valence-electron chi connectivity index (χ0n) is 14.1. The molecule has 1 aromatic carbocycles. The number of benzene rings is 1. The summed E-state index contributed by atoms with van der Waals surface area (Å²) in [5.74, 6) is 0.148. The molecule has 0 aliphatic carbocycles. The van der Waals surface area contributed by atoms with Crippen LogP contribution < -0.4 is 5.32 Å². The maximum atomic E-state index is 12.9. The Hall–Kier alpha value is -3.17. The molecule has 0 aliphatic heterocycles. The van der Waals surface area contributed by atoms with E-state index in [-0.39, 0.29) is 49.2 Å². The monoisotopic (exact) mass is 379 g/mol. The maximum absolute atomic E-state index is 12.9. The highest BCUT2D eigenvalue weighted by atomic mass is 19.3. The van der Waals surface area contributed by atoms with Gasteiger partial charge in [0.05, 0.1) is 0 Å². The summed E-state index contributed by atoms with van der Waals surface area (Å²) < 4.78 is 44.1. The zero-order valence-corrected chi connectivity index (χ0v) is 14.1. The first-order valence-corrected chi connectivity index (χ1v) is 8.18. The van der Waals surface area contributed by atoms with E-state index < -0.39 is 6.55 Å². The SMILES string of the molecule is O=C(CCc1nc(-c2ccc(F)cc2)no1)NCCc1nccn1C(F)F. The molecule has 10 heteroatoms. The molecule has 2 heterocycles. The number of aromatic nitrogens is 4. The second-order valence-electron chi connectivity index (χ2n) is 5.65. The highest BCUT2D eigenvalue weighted by Gasteiger charge is 2.13. The lowest BCUT2D eigenvalue weighted by atomic mass is 10.2. The summed E-state index contributed by atoms with van der Waals surface area (Å²) in [6, 6.07) is 5.64. The summed E-state index contributed by atoms with van der Waals surface area (Å²) in [7, 11) is 0. The van der Waals surface area contributed by atoms with Crippen molar-refractivity contribution in [1.29, 1.82) is 0 Å². The van der Waals surface area contributed by atoms with Crippen LogP contribution in [0.25, 0.3) is 11.4 Å². The van der Waals surface area contributed by atoms with Crippen LogP contribution in [0.1, 0.15) is 24.7 Å². The minimum Gasteiger partial charge on any atom is -0.356 e. The quantitative estimate of drug-likeness (QED) is 0.650. The van der Waals surface area contributed by atoms with Gasteiger partial charge in [0.25, 0.3) is 0 Å². The molecule has 0 saturated heterocycles. The standard InChI is InChI=1S/C17H16F3N5O2/c18-12-3-1-11(2-4-12)16-23-15(27-24-16)6-5-14(26)22-8-7-13-21-9-10-25(13)17(19)20/h1-4,9-10,17H,5-8H2,(H,22,26). The first-order valence-electron chi connectivity index (χ1n) is 8.18. The number of carbonyl (C=O) groups is 1. The van der Waals surface area contributed by atoms with Crippen LogP contribution in [0, 0.1) is 5.82 Å². The van der Waals surface area contributed by atoms with Crippen molar-refractivity contribution in [3.63, 3.8) is 0 Å². The summed E-state index contributed by atoms with van der Waals surface area (Å²) in [4.78, 5) is 19.9. The summed E-state index contributed by atoms with van der Waals surface area (Å²) >= 11 is 0. The average Bonchev–Trinajstić information content (AvgIpc) is 3.30. The van der Waals surface area contributed by atoms with Gasteiger partial charge in [-0.15, -0.1) is 0 Å². The number of nitrogens with zero attached hydrogens (tertiary/aromatic N) is 4. The minimum atomic E-state index is -2.66. The molecule has 0 spiro atoms. The molecule has 2 aromatic heterocycles. The third-order valence-electron chi connectivity index (χ3n) is 3.77. The Kier molecular flexibility index (Phi) is 5.84. The first kappa shape index (κ1) is 18.6. The van der Waals surface area contributed by atoms with Crippen LogP contribution in [0.4, 0.5) is 13.2 Å². The van der Waals surface area contributed by atoms with Crippen LogP contribution in [0.2, 0.25) is 0 Å². The summed E-state index contributed by atoms with van der Waals surface area (Å²) in [5.41, 5.74) is 0.602. The predicted octanol–water partition coefficient (Wildman–Crippen LogP) is 2.76. The van der Waals surface area contributed by atoms with Gasteiger partial charge in [-0.25, -0.2) is 9.37 Å². The summed E-state index contributed by atoms with van der Waals surface area (Å²) in [6.07, 6.45) is 3.01. The van der Waals surface area contributed by atoms with Crippen LogP contribution in [-0.2, 0) is 17.6 Å². The molecule has 1 N–H and O–H groups in total. The Balaban J connectivity index is 1.44. The number of halogens is 3. The number of rotatable bonds is 8. The average molecular weight is 379 g/mol.